The summed E-state index contributed by atoms with van der Waals surface area (Å²) in [6.45, 7) is 8.08. The van der Waals surface area contributed by atoms with E-state index in [1.807, 2.05) is 26.6 Å². The molecule has 7 heteroatoms. The number of carbonyl (C=O) groups excluding carboxylic acids is 1. The van der Waals surface area contributed by atoms with Crippen molar-refractivity contribution in [2.24, 2.45) is 0 Å². The molecule has 25 heavy (non-hydrogen) atoms. The molecule has 0 atom stereocenters. The molecule has 0 N–H and O–H groups in total. The van der Waals surface area contributed by atoms with Crippen LogP contribution in [0.2, 0.25) is 19.6 Å². The van der Waals surface area contributed by atoms with Gasteiger partial charge in [-0.25, -0.2) is 17.5 Å². The molecular formula is C18H23NO4SSi. The van der Waals surface area contributed by atoms with Crippen molar-refractivity contribution in [3.8, 4) is 23.4 Å². The number of rotatable bonds is 4. The SMILES string of the molecule is COC(=O)C#CCCN(C#C[Si](C)(C)C)S(=O)(=O)c1ccc(C)cc1. The topological polar surface area (TPSA) is 63.7 Å². The monoisotopic (exact) mass is 377 g/mol. The van der Waals surface area contributed by atoms with E-state index in [1.54, 1.807) is 24.3 Å². The van der Waals surface area contributed by atoms with Crippen LogP contribution in [-0.4, -0.2) is 40.4 Å². The lowest BCUT2D eigenvalue weighted by Crippen LogP contribution is -2.29. The van der Waals surface area contributed by atoms with Gasteiger partial charge in [-0.05, 0) is 19.1 Å². The summed E-state index contributed by atoms with van der Waals surface area (Å²) in [7, 11) is -4.27. The van der Waals surface area contributed by atoms with E-state index in [2.05, 4.69) is 28.2 Å². The Morgan fingerprint density at radius 3 is 2.32 bits per heavy atom. The van der Waals surface area contributed by atoms with Crippen molar-refractivity contribution >= 4 is 24.1 Å². The summed E-state index contributed by atoms with van der Waals surface area (Å²) in [5, 5.41) is 0. The third-order valence-electron chi connectivity index (χ3n) is 2.98. The second-order valence-corrected chi connectivity index (χ2v) is 13.0. The van der Waals surface area contributed by atoms with E-state index in [1.165, 1.54) is 7.11 Å². The molecule has 0 bridgehead atoms. The minimum atomic E-state index is -3.75. The van der Waals surface area contributed by atoms with Gasteiger partial charge in [0.2, 0.25) is 0 Å². The third-order valence-corrected chi connectivity index (χ3v) is 5.56. The molecule has 5 nitrogen and oxygen atoms in total. The molecule has 1 aromatic carbocycles. The highest BCUT2D eigenvalue weighted by molar-refractivity contribution is 7.89. The molecule has 0 aliphatic carbocycles. The van der Waals surface area contributed by atoms with E-state index in [-0.39, 0.29) is 17.9 Å². The number of esters is 1. The van der Waals surface area contributed by atoms with E-state index < -0.39 is 24.1 Å². The second-order valence-electron chi connectivity index (χ2n) is 6.42. The molecular weight excluding hydrogens is 354 g/mol. The Kier molecular flexibility index (Phi) is 7.29. The third kappa shape index (κ3) is 7.04. The molecule has 0 aliphatic heterocycles. The van der Waals surface area contributed by atoms with Crippen molar-refractivity contribution in [2.75, 3.05) is 13.7 Å². The van der Waals surface area contributed by atoms with Crippen molar-refractivity contribution in [3.05, 3.63) is 29.8 Å². The maximum Gasteiger partial charge on any atom is 0.384 e. The van der Waals surface area contributed by atoms with Gasteiger partial charge >= 0.3 is 5.97 Å². The molecule has 0 fully saturated rings. The van der Waals surface area contributed by atoms with Gasteiger partial charge in [0.1, 0.15) is 8.07 Å². The lowest BCUT2D eigenvalue weighted by atomic mass is 10.2. The Labute approximate surface area is 151 Å². The van der Waals surface area contributed by atoms with Crippen LogP contribution in [0.1, 0.15) is 12.0 Å². The highest BCUT2D eigenvalue weighted by Gasteiger charge is 2.22. The van der Waals surface area contributed by atoms with Crippen LogP contribution < -0.4 is 0 Å². The standard InChI is InChI=1S/C18H23NO4SSi/c1-16-9-11-17(12-10-16)24(21,22)19(14-15-25(3,4)5)13-7-6-8-18(20)23-2/h9-12H,7,13H2,1-5H3. The number of benzene rings is 1. The number of ether oxygens (including phenoxy) is 1. The van der Waals surface area contributed by atoms with Crippen molar-refractivity contribution in [1.29, 1.82) is 0 Å². The van der Waals surface area contributed by atoms with Crippen LogP contribution in [0.3, 0.4) is 0 Å². The van der Waals surface area contributed by atoms with Crippen LogP contribution in [0.25, 0.3) is 0 Å². The summed E-state index contributed by atoms with van der Waals surface area (Å²) >= 11 is 0. The average Bonchev–Trinajstić information content (AvgIpc) is 2.52. The van der Waals surface area contributed by atoms with Gasteiger partial charge in [0.25, 0.3) is 10.0 Å². The molecule has 0 aromatic heterocycles. The number of aryl methyl sites for hydroxylation is 1. The van der Waals surface area contributed by atoms with Crippen LogP contribution >= 0.6 is 0 Å². The molecule has 0 aliphatic rings. The summed E-state index contributed by atoms with van der Waals surface area (Å²) < 4.78 is 31.2. The van der Waals surface area contributed by atoms with Gasteiger partial charge < -0.3 is 4.74 Å². The van der Waals surface area contributed by atoms with Crippen molar-refractivity contribution in [1.82, 2.24) is 4.31 Å². The van der Waals surface area contributed by atoms with Crippen LogP contribution in [0.15, 0.2) is 29.2 Å². The smallest absolute Gasteiger partial charge is 0.384 e. The fraction of sp³-hybridized carbons (Fsp3) is 0.389. The Morgan fingerprint density at radius 1 is 1.20 bits per heavy atom. The highest BCUT2D eigenvalue weighted by Crippen LogP contribution is 2.16. The molecule has 0 amide bonds. The number of nitrogens with zero attached hydrogens (tertiary/aromatic N) is 1. The van der Waals surface area contributed by atoms with Gasteiger partial charge in [-0.3, -0.25) is 0 Å². The first kappa shape index (κ1) is 20.8. The van der Waals surface area contributed by atoms with E-state index >= 15 is 0 Å². The van der Waals surface area contributed by atoms with E-state index in [9.17, 15) is 13.2 Å². The van der Waals surface area contributed by atoms with Crippen LogP contribution in [0.4, 0.5) is 0 Å². The van der Waals surface area contributed by atoms with E-state index in [0.717, 1.165) is 9.87 Å². The first-order valence-corrected chi connectivity index (χ1v) is 12.7. The minimum absolute atomic E-state index is 0.0810. The zero-order chi connectivity index (χ0) is 19.1. The quantitative estimate of drug-likeness (QED) is 0.266. The van der Waals surface area contributed by atoms with Gasteiger partial charge in [0.05, 0.1) is 18.6 Å². The van der Waals surface area contributed by atoms with E-state index in [4.69, 9.17) is 0 Å². The number of hydrogen-bond acceptors (Lipinski definition) is 4. The maximum atomic E-state index is 12.8. The van der Waals surface area contributed by atoms with Crippen LogP contribution in [0.5, 0.6) is 0 Å². The summed E-state index contributed by atoms with van der Waals surface area (Å²) in [6.07, 6.45) is 0.181. The van der Waals surface area contributed by atoms with Crippen molar-refractivity contribution in [3.63, 3.8) is 0 Å². The van der Waals surface area contributed by atoms with Crippen molar-refractivity contribution < 1.29 is 17.9 Å². The molecule has 1 rings (SSSR count). The summed E-state index contributed by atoms with van der Waals surface area (Å²) in [5.74, 6) is 4.24. The Balaban J connectivity index is 3.11. The number of methoxy groups -OCH3 is 1. The van der Waals surface area contributed by atoms with Gasteiger partial charge in [-0.2, -0.15) is 0 Å². The Bertz CT molecular complexity index is 832. The fourth-order valence-electron chi connectivity index (χ4n) is 1.65. The largest absolute Gasteiger partial charge is 0.459 e. The number of sulfonamides is 1. The van der Waals surface area contributed by atoms with Crippen LogP contribution in [0, 0.1) is 30.4 Å². The number of carbonyl (C=O) groups is 1. The minimum Gasteiger partial charge on any atom is -0.459 e. The summed E-state index contributed by atoms with van der Waals surface area (Å²) in [4.78, 5) is 11.2. The van der Waals surface area contributed by atoms with E-state index in [0.29, 0.717) is 0 Å². The lowest BCUT2D eigenvalue weighted by Gasteiger charge is -2.18. The molecule has 0 saturated heterocycles. The predicted molar refractivity (Wildman–Crippen MR) is 101 cm³/mol. The zero-order valence-corrected chi connectivity index (χ0v) is 17.0. The summed E-state index contributed by atoms with van der Waals surface area (Å²) in [6, 6.07) is 9.40. The summed E-state index contributed by atoms with van der Waals surface area (Å²) in [5.41, 5.74) is 4.04. The fourth-order valence-corrected chi connectivity index (χ4v) is 3.43. The maximum absolute atomic E-state index is 12.8. The molecule has 0 spiro atoms. The van der Waals surface area contributed by atoms with Gasteiger partial charge in [-0.1, -0.05) is 43.3 Å². The molecule has 0 radical (unpaired) electrons. The van der Waals surface area contributed by atoms with Gasteiger partial charge in [-0.15, -0.1) is 5.54 Å². The normalized spacial score (nSPS) is 10.8. The second kappa shape index (κ2) is 8.75. The molecule has 0 unspecified atom stereocenters. The number of hydrogen-bond donors (Lipinski definition) is 0. The predicted octanol–water partition coefficient (Wildman–Crippen LogP) is 2.39. The Hall–Kier alpha value is -2.22. The highest BCUT2D eigenvalue weighted by atomic mass is 32.2. The Morgan fingerprint density at radius 2 is 1.80 bits per heavy atom. The molecule has 1 aromatic rings. The average molecular weight is 378 g/mol. The van der Waals surface area contributed by atoms with Crippen molar-refractivity contribution in [2.45, 2.75) is 37.9 Å². The first-order chi connectivity index (χ1) is 11.6. The van der Waals surface area contributed by atoms with Gasteiger partial charge in [0, 0.05) is 18.4 Å². The molecule has 0 heterocycles. The zero-order valence-electron chi connectivity index (χ0n) is 15.2. The first-order valence-electron chi connectivity index (χ1n) is 7.75. The van der Waals surface area contributed by atoms with Crippen LogP contribution in [-0.2, 0) is 19.6 Å². The molecule has 0 saturated carbocycles. The van der Waals surface area contributed by atoms with Gasteiger partial charge in [0.15, 0.2) is 0 Å². The molecule has 134 valence electrons. The lowest BCUT2D eigenvalue weighted by molar-refractivity contribution is -0.133.